The van der Waals surface area contributed by atoms with Crippen LogP contribution in [0.25, 0.3) is 0 Å². The van der Waals surface area contributed by atoms with Gasteiger partial charge in [0.15, 0.2) is 5.96 Å². The summed E-state index contributed by atoms with van der Waals surface area (Å²) in [5.74, 6) is 0.0361. The number of nitrogens with zero attached hydrogens (tertiary/aromatic N) is 2. The lowest BCUT2D eigenvalue weighted by molar-refractivity contribution is -0.137. The van der Waals surface area contributed by atoms with Gasteiger partial charge in [-0.2, -0.15) is 13.2 Å². The number of amides is 1. The van der Waals surface area contributed by atoms with Crippen LogP contribution in [-0.4, -0.2) is 42.9 Å². The highest BCUT2D eigenvalue weighted by Crippen LogP contribution is 2.29. The Labute approximate surface area is 161 Å². The van der Waals surface area contributed by atoms with Crippen LogP contribution in [0.5, 0.6) is 0 Å². The molecule has 1 amide bonds. The number of rotatable bonds is 4. The molecule has 0 atom stereocenters. The zero-order valence-electron chi connectivity index (χ0n) is 13.7. The van der Waals surface area contributed by atoms with Crippen molar-refractivity contribution < 1.29 is 18.0 Å². The number of carbonyl (C=O) groups excluding carboxylic acids is 1. The molecule has 1 heterocycles. The summed E-state index contributed by atoms with van der Waals surface area (Å²) < 4.78 is 37.4. The molecule has 0 unspecified atom stereocenters. The number of benzene rings is 1. The summed E-state index contributed by atoms with van der Waals surface area (Å²) in [6.45, 7) is 2.39. The molecule has 0 bridgehead atoms. The Morgan fingerprint density at radius 3 is 2.32 bits per heavy atom. The molecule has 140 valence electrons. The van der Waals surface area contributed by atoms with Gasteiger partial charge in [-0.1, -0.05) is 0 Å². The number of nitrogens with two attached hydrogens (primary N) is 1. The van der Waals surface area contributed by atoms with E-state index in [2.05, 4.69) is 10.3 Å². The number of aliphatic imine (C=N–C) groups is 1. The fourth-order valence-electron chi connectivity index (χ4n) is 2.48. The molecule has 1 aromatic rings. The number of alkyl halides is 3. The number of likely N-dealkylation sites (tertiary alicyclic amines) is 1. The average molecular weight is 470 g/mol. The van der Waals surface area contributed by atoms with E-state index in [0.29, 0.717) is 12.5 Å². The van der Waals surface area contributed by atoms with Gasteiger partial charge < -0.3 is 16.0 Å². The highest BCUT2D eigenvalue weighted by Gasteiger charge is 2.30. The minimum Gasteiger partial charge on any atom is -0.370 e. The molecule has 5 nitrogen and oxygen atoms in total. The van der Waals surface area contributed by atoms with E-state index in [1.54, 1.807) is 0 Å². The van der Waals surface area contributed by atoms with E-state index in [-0.39, 0.29) is 36.1 Å². The van der Waals surface area contributed by atoms with Gasteiger partial charge in [-0.3, -0.25) is 9.79 Å². The third kappa shape index (κ3) is 6.71. The highest BCUT2D eigenvalue weighted by molar-refractivity contribution is 14.0. The predicted molar refractivity (Wildman–Crippen MR) is 101 cm³/mol. The van der Waals surface area contributed by atoms with E-state index in [1.165, 1.54) is 6.42 Å². The molecule has 0 aliphatic carbocycles. The van der Waals surface area contributed by atoms with Crippen LogP contribution in [0.15, 0.2) is 29.3 Å². The molecule has 1 aromatic carbocycles. The lowest BCUT2D eigenvalue weighted by Gasteiger charge is -2.27. The van der Waals surface area contributed by atoms with Crippen molar-refractivity contribution in [2.45, 2.75) is 25.4 Å². The van der Waals surface area contributed by atoms with E-state index < -0.39 is 17.6 Å². The topological polar surface area (TPSA) is 70.7 Å². The van der Waals surface area contributed by atoms with Crippen LogP contribution in [0.3, 0.4) is 0 Å². The van der Waals surface area contributed by atoms with E-state index in [0.717, 1.165) is 50.2 Å². The number of nitrogens with one attached hydrogen (secondary N) is 1. The molecule has 0 saturated carbocycles. The first-order chi connectivity index (χ1) is 11.4. The summed E-state index contributed by atoms with van der Waals surface area (Å²) in [5.41, 5.74) is 5.29. The SMILES string of the molecule is I.NC(=NCCNC(=O)c1ccc(C(F)(F)F)cc1)N1CCCCC1. The van der Waals surface area contributed by atoms with Crippen LogP contribution < -0.4 is 11.1 Å². The van der Waals surface area contributed by atoms with Crippen molar-refractivity contribution in [2.75, 3.05) is 26.2 Å². The van der Waals surface area contributed by atoms with E-state index in [1.807, 2.05) is 4.90 Å². The van der Waals surface area contributed by atoms with Gasteiger partial charge >= 0.3 is 6.18 Å². The predicted octanol–water partition coefficient (Wildman–Crippen LogP) is 2.85. The number of carbonyl (C=O) groups is 1. The highest BCUT2D eigenvalue weighted by atomic mass is 127. The molecule has 0 aromatic heterocycles. The summed E-state index contributed by atoms with van der Waals surface area (Å²) in [5, 5.41) is 2.61. The summed E-state index contributed by atoms with van der Waals surface area (Å²) in [6.07, 6.45) is -1.01. The zero-order chi connectivity index (χ0) is 17.6. The number of guanidine groups is 1. The standard InChI is InChI=1S/C16H21F3N4O.HI/c17-16(18,19)13-6-4-12(5-7-13)14(24)21-8-9-22-15(20)23-10-2-1-3-11-23;/h4-7H,1-3,8-11H2,(H2,20,22)(H,21,24);1H. The monoisotopic (exact) mass is 470 g/mol. The van der Waals surface area contributed by atoms with Crippen molar-refractivity contribution in [1.82, 2.24) is 10.2 Å². The second-order valence-electron chi connectivity index (χ2n) is 5.62. The maximum absolute atomic E-state index is 12.5. The van der Waals surface area contributed by atoms with Crippen molar-refractivity contribution >= 4 is 35.8 Å². The Morgan fingerprint density at radius 1 is 1.16 bits per heavy atom. The van der Waals surface area contributed by atoms with Gasteiger partial charge in [-0.05, 0) is 43.5 Å². The van der Waals surface area contributed by atoms with Crippen LogP contribution in [0.4, 0.5) is 13.2 Å². The third-order valence-electron chi connectivity index (χ3n) is 3.83. The maximum atomic E-state index is 12.5. The van der Waals surface area contributed by atoms with Crippen LogP contribution in [0.1, 0.15) is 35.2 Å². The van der Waals surface area contributed by atoms with Gasteiger partial charge in [0.05, 0.1) is 12.1 Å². The lowest BCUT2D eigenvalue weighted by Crippen LogP contribution is -2.41. The molecule has 1 fully saturated rings. The van der Waals surface area contributed by atoms with Gasteiger partial charge in [-0.25, -0.2) is 0 Å². The lowest BCUT2D eigenvalue weighted by atomic mass is 10.1. The van der Waals surface area contributed by atoms with E-state index >= 15 is 0 Å². The first-order valence-corrected chi connectivity index (χ1v) is 7.88. The molecule has 0 spiro atoms. The van der Waals surface area contributed by atoms with Crippen molar-refractivity contribution in [1.29, 1.82) is 0 Å². The zero-order valence-corrected chi connectivity index (χ0v) is 16.0. The molecule has 1 aliphatic heterocycles. The molecule has 25 heavy (non-hydrogen) atoms. The summed E-state index contributed by atoms with van der Waals surface area (Å²) >= 11 is 0. The van der Waals surface area contributed by atoms with Crippen LogP contribution >= 0.6 is 24.0 Å². The first kappa shape index (κ1) is 21.5. The molecule has 2 rings (SSSR count). The van der Waals surface area contributed by atoms with Gasteiger partial charge in [0.1, 0.15) is 0 Å². The van der Waals surface area contributed by atoms with Gasteiger partial charge in [0.25, 0.3) is 5.91 Å². The van der Waals surface area contributed by atoms with Crippen LogP contribution in [-0.2, 0) is 6.18 Å². The van der Waals surface area contributed by atoms with Crippen LogP contribution in [0.2, 0.25) is 0 Å². The molecular formula is C16H22F3IN4O. The number of hydrogen-bond donors (Lipinski definition) is 2. The van der Waals surface area contributed by atoms with Crippen LogP contribution in [0, 0.1) is 0 Å². The Morgan fingerprint density at radius 2 is 1.76 bits per heavy atom. The fourth-order valence-corrected chi connectivity index (χ4v) is 2.48. The second-order valence-corrected chi connectivity index (χ2v) is 5.62. The second kappa shape index (κ2) is 9.83. The Hall–Kier alpha value is -1.52. The quantitative estimate of drug-likeness (QED) is 0.308. The average Bonchev–Trinajstić information content (AvgIpc) is 2.58. The fraction of sp³-hybridized carbons (Fsp3) is 0.500. The summed E-state index contributed by atoms with van der Waals surface area (Å²) in [4.78, 5) is 18.1. The molecule has 1 saturated heterocycles. The van der Waals surface area contributed by atoms with Crippen molar-refractivity contribution in [3.05, 3.63) is 35.4 Å². The van der Waals surface area contributed by atoms with Crippen molar-refractivity contribution in [2.24, 2.45) is 10.7 Å². The first-order valence-electron chi connectivity index (χ1n) is 7.88. The smallest absolute Gasteiger partial charge is 0.370 e. The van der Waals surface area contributed by atoms with E-state index in [9.17, 15) is 18.0 Å². The number of halogens is 4. The summed E-state index contributed by atoms with van der Waals surface area (Å²) in [7, 11) is 0. The Bertz CT molecular complexity index is 584. The number of hydrogen-bond acceptors (Lipinski definition) is 2. The number of piperidine rings is 1. The largest absolute Gasteiger partial charge is 0.416 e. The van der Waals surface area contributed by atoms with Gasteiger partial charge in [0, 0.05) is 25.2 Å². The van der Waals surface area contributed by atoms with Crippen molar-refractivity contribution in [3.63, 3.8) is 0 Å². The minimum atomic E-state index is -4.41. The molecule has 1 aliphatic rings. The molecule has 0 radical (unpaired) electrons. The van der Waals surface area contributed by atoms with Gasteiger partial charge in [0.2, 0.25) is 0 Å². The minimum absolute atomic E-state index is 0. The van der Waals surface area contributed by atoms with Crippen molar-refractivity contribution in [3.8, 4) is 0 Å². The third-order valence-corrected chi connectivity index (χ3v) is 3.83. The normalized spacial score (nSPS) is 15.5. The maximum Gasteiger partial charge on any atom is 0.416 e. The molecule has 9 heteroatoms. The Balaban J connectivity index is 0.00000312. The Kier molecular flexibility index (Phi) is 8.46. The van der Waals surface area contributed by atoms with E-state index in [4.69, 9.17) is 5.73 Å². The van der Waals surface area contributed by atoms with Gasteiger partial charge in [-0.15, -0.1) is 24.0 Å². The molecule has 3 N–H and O–H groups in total. The summed E-state index contributed by atoms with van der Waals surface area (Å²) in [6, 6.07) is 4.09. The molecular weight excluding hydrogens is 448 g/mol.